The molecule has 0 saturated heterocycles. The summed E-state index contributed by atoms with van der Waals surface area (Å²) in [5.41, 5.74) is 7.15. The van der Waals surface area contributed by atoms with Crippen LogP contribution in [0.25, 0.3) is 28.2 Å². The minimum atomic E-state index is 0.553. The van der Waals surface area contributed by atoms with Gasteiger partial charge in [-0.15, -0.1) is 5.10 Å². The van der Waals surface area contributed by atoms with Gasteiger partial charge in [0.2, 0.25) is 5.88 Å². The Labute approximate surface area is 157 Å². The predicted molar refractivity (Wildman–Crippen MR) is 104 cm³/mol. The molecule has 3 heterocycles. The van der Waals surface area contributed by atoms with Gasteiger partial charge in [-0.25, -0.2) is 9.50 Å². The molecule has 0 radical (unpaired) electrons. The van der Waals surface area contributed by atoms with Gasteiger partial charge in [0, 0.05) is 23.6 Å². The Kier molecular flexibility index (Phi) is 3.60. The number of fused-ring (bicyclic) bond motifs is 2. The molecule has 27 heavy (non-hydrogen) atoms. The summed E-state index contributed by atoms with van der Waals surface area (Å²) in [6.07, 6.45) is 0.963. The summed E-state index contributed by atoms with van der Waals surface area (Å²) in [6.45, 7) is 2.83. The average Bonchev–Trinajstić information content (AvgIpc) is 3.31. The molecule has 0 saturated carbocycles. The van der Waals surface area contributed by atoms with Crippen LogP contribution in [0, 0.1) is 6.92 Å². The number of aryl methyl sites for hydroxylation is 1. The number of nitrogens with zero attached hydrogens (tertiary/aromatic N) is 3. The van der Waals surface area contributed by atoms with E-state index in [0.717, 1.165) is 46.9 Å². The van der Waals surface area contributed by atoms with E-state index in [4.69, 9.17) is 14.5 Å². The second kappa shape index (κ2) is 6.13. The minimum Gasteiger partial charge on any atom is -0.493 e. The Bertz CT molecular complexity index is 1160. The maximum Gasteiger partial charge on any atom is 0.231 e. The molecule has 5 heteroatoms. The van der Waals surface area contributed by atoms with Crippen molar-refractivity contribution in [2.45, 2.75) is 13.3 Å². The van der Waals surface area contributed by atoms with Gasteiger partial charge in [0.15, 0.2) is 5.65 Å². The highest BCUT2D eigenvalue weighted by atomic mass is 16.5. The fourth-order valence-corrected chi connectivity index (χ4v) is 3.59. The van der Waals surface area contributed by atoms with Crippen molar-refractivity contribution in [2.75, 3.05) is 13.7 Å². The highest BCUT2D eigenvalue weighted by Crippen LogP contribution is 2.36. The van der Waals surface area contributed by atoms with E-state index in [1.54, 1.807) is 7.11 Å². The van der Waals surface area contributed by atoms with E-state index in [0.29, 0.717) is 5.88 Å². The van der Waals surface area contributed by atoms with Crippen molar-refractivity contribution in [3.8, 4) is 34.1 Å². The van der Waals surface area contributed by atoms with Gasteiger partial charge in [-0.05, 0) is 30.7 Å². The second-order valence-electron chi connectivity index (χ2n) is 6.75. The molecule has 0 amide bonds. The van der Waals surface area contributed by atoms with E-state index in [1.165, 1.54) is 11.1 Å². The van der Waals surface area contributed by atoms with Crippen molar-refractivity contribution >= 4 is 5.65 Å². The molecule has 2 aromatic carbocycles. The van der Waals surface area contributed by atoms with E-state index in [2.05, 4.69) is 54.5 Å². The molecule has 0 unspecified atom stereocenters. The van der Waals surface area contributed by atoms with E-state index >= 15 is 0 Å². The molecular weight excluding hydrogens is 338 g/mol. The third kappa shape index (κ3) is 2.63. The number of hydrogen-bond acceptors (Lipinski definition) is 4. The number of ether oxygens (including phenoxy) is 2. The van der Waals surface area contributed by atoms with Gasteiger partial charge in [0.25, 0.3) is 0 Å². The third-order valence-corrected chi connectivity index (χ3v) is 4.92. The molecule has 0 N–H and O–H groups in total. The fraction of sp³-hybridized carbons (Fsp3) is 0.182. The lowest BCUT2D eigenvalue weighted by Gasteiger charge is -2.08. The van der Waals surface area contributed by atoms with Crippen LogP contribution in [0.5, 0.6) is 11.6 Å². The lowest BCUT2D eigenvalue weighted by atomic mass is 10.0. The molecule has 4 aromatic rings. The summed E-state index contributed by atoms with van der Waals surface area (Å²) < 4.78 is 13.0. The van der Waals surface area contributed by atoms with E-state index < -0.39 is 0 Å². The van der Waals surface area contributed by atoms with Crippen molar-refractivity contribution in [2.24, 2.45) is 0 Å². The summed E-state index contributed by atoms with van der Waals surface area (Å²) in [5, 5.41) is 4.62. The third-order valence-electron chi connectivity index (χ3n) is 4.92. The van der Waals surface area contributed by atoms with E-state index in [1.807, 2.05) is 16.6 Å². The van der Waals surface area contributed by atoms with Crippen LogP contribution < -0.4 is 9.47 Å². The maximum absolute atomic E-state index is 5.77. The average molecular weight is 357 g/mol. The minimum absolute atomic E-state index is 0.553. The molecule has 134 valence electrons. The number of hydrogen-bond donors (Lipinski definition) is 0. The summed E-state index contributed by atoms with van der Waals surface area (Å²) >= 11 is 0. The zero-order chi connectivity index (χ0) is 18.4. The first-order valence-corrected chi connectivity index (χ1v) is 9.00. The Morgan fingerprint density at radius 3 is 2.81 bits per heavy atom. The largest absolute Gasteiger partial charge is 0.493 e. The standard InChI is InChI=1S/C22H19N3O2/c1-14-4-3-5-17(12-14)22-21(16-7-6-15-10-11-27-18(15)13-16)23-19-8-9-20(26-2)24-25(19)22/h3-9,12-13H,10-11H2,1-2H3. The Hall–Kier alpha value is -3.34. The molecule has 5 nitrogen and oxygen atoms in total. The Morgan fingerprint density at radius 1 is 1.04 bits per heavy atom. The lowest BCUT2D eigenvalue weighted by molar-refractivity contribution is 0.357. The van der Waals surface area contributed by atoms with Gasteiger partial charge >= 0.3 is 0 Å². The van der Waals surface area contributed by atoms with Crippen molar-refractivity contribution in [1.29, 1.82) is 0 Å². The quantitative estimate of drug-likeness (QED) is 0.548. The Balaban J connectivity index is 1.80. The maximum atomic E-state index is 5.77. The molecule has 0 spiro atoms. The van der Waals surface area contributed by atoms with Gasteiger partial charge in [-0.2, -0.15) is 0 Å². The summed E-state index contributed by atoms with van der Waals surface area (Å²) in [4.78, 5) is 4.88. The van der Waals surface area contributed by atoms with Gasteiger partial charge in [0.05, 0.1) is 19.4 Å². The van der Waals surface area contributed by atoms with Gasteiger partial charge in [-0.1, -0.05) is 35.9 Å². The van der Waals surface area contributed by atoms with Crippen LogP contribution in [0.3, 0.4) is 0 Å². The summed E-state index contributed by atoms with van der Waals surface area (Å²) in [7, 11) is 1.62. The highest BCUT2D eigenvalue weighted by Gasteiger charge is 2.20. The second-order valence-corrected chi connectivity index (χ2v) is 6.75. The van der Waals surface area contributed by atoms with Crippen LogP contribution in [0.2, 0.25) is 0 Å². The van der Waals surface area contributed by atoms with Crippen molar-refractivity contribution in [1.82, 2.24) is 14.6 Å². The number of aromatic nitrogens is 3. The molecule has 1 aliphatic rings. The number of methoxy groups -OCH3 is 1. The summed E-state index contributed by atoms with van der Waals surface area (Å²) in [5.74, 6) is 1.50. The van der Waals surface area contributed by atoms with E-state index in [-0.39, 0.29) is 0 Å². The monoisotopic (exact) mass is 357 g/mol. The van der Waals surface area contributed by atoms with Crippen molar-refractivity contribution < 1.29 is 9.47 Å². The molecule has 0 atom stereocenters. The first-order chi connectivity index (χ1) is 13.2. The van der Waals surface area contributed by atoms with Crippen molar-refractivity contribution in [3.63, 3.8) is 0 Å². The van der Waals surface area contributed by atoms with Crippen LogP contribution in [0.1, 0.15) is 11.1 Å². The highest BCUT2D eigenvalue weighted by molar-refractivity contribution is 5.82. The molecule has 5 rings (SSSR count). The van der Waals surface area contributed by atoms with E-state index in [9.17, 15) is 0 Å². The first-order valence-electron chi connectivity index (χ1n) is 9.00. The molecule has 0 aliphatic carbocycles. The van der Waals surface area contributed by atoms with Gasteiger partial charge in [0.1, 0.15) is 11.4 Å². The molecule has 0 fully saturated rings. The molecule has 1 aliphatic heterocycles. The number of rotatable bonds is 3. The van der Waals surface area contributed by atoms with Crippen LogP contribution >= 0.6 is 0 Å². The molecule has 2 aromatic heterocycles. The Morgan fingerprint density at radius 2 is 1.96 bits per heavy atom. The summed E-state index contributed by atoms with van der Waals surface area (Å²) in [6, 6.07) is 18.5. The van der Waals surface area contributed by atoms with Crippen LogP contribution in [-0.2, 0) is 6.42 Å². The zero-order valence-electron chi connectivity index (χ0n) is 15.3. The molecule has 0 bridgehead atoms. The van der Waals surface area contributed by atoms with Gasteiger partial charge < -0.3 is 9.47 Å². The lowest BCUT2D eigenvalue weighted by Crippen LogP contribution is -1.98. The normalized spacial score (nSPS) is 12.8. The molecular formula is C22H19N3O2. The topological polar surface area (TPSA) is 48.7 Å². The zero-order valence-corrected chi connectivity index (χ0v) is 15.3. The predicted octanol–water partition coefficient (Wildman–Crippen LogP) is 4.32. The van der Waals surface area contributed by atoms with Crippen molar-refractivity contribution in [3.05, 3.63) is 65.7 Å². The van der Waals surface area contributed by atoms with Gasteiger partial charge in [-0.3, -0.25) is 0 Å². The number of benzene rings is 2. The fourth-order valence-electron chi connectivity index (χ4n) is 3.59. The smallest absolute Gasteiger partial charge is 0.231 e. The van der Waals surface area contributed by atoms with Crippen LogP contribution in [0.15, 0.2) is 54.6 Å². The SMILES string of the molecule is COc1ccc2nc(-c3ccc4c(c3)OCC4)c(-c3cccc(C)c3)n2n1. The number of imidazole rings is 1. The first kappa shape index (κ1) is 15.9. The van der Waals surface area contributed by atoms with Crippen LogP contribution in [0.4, 0.5) is 0 Å². The van der Waals surface area contributed by atoms with Crippen LogP contribution in [-0.4, -0.2) is 28.3 Å².